The monoisotopic (exact) mass is 412 g/mol. The molecule has 2 aromatic carbocycles. The Bertz CT molecular complexity index is 836. The van der Waals surface area contributed by atoms with Gasteiger partial charge in [0.25, 0.3) is 6.43 Å². The maximum absolute atomic E-state index is 13.4. The van der Waals surface area contributed by atoms with Crippen LogP contribution < -0.4 is 5.32 Å². The fraction of sp³-hybridized carbons (Fsp3) is 0.480. The highest BCUT2D eigenvalue weighted by atomic mass is 19.3. The predicted molar refractivity (Wildman–Crippen MR) is 114 cm³/mol. The normalized spacial score (nSPS) is 22.6. The number of nitrogens with one attached hydrogen (secondary N) is 1. The second-order valence-electron chi connectivity index (χ2n) is 8.50. The van der Waals surface area contributed by atoms with E-state index in [0.717, 1.165) is 37.7 Å². The van der Waals surface area contributed by atoms with Gasteiger partial charge in [-0.3, -0.25) is 4.79 Å². The topological polar surface area (TPSA) is 32.3 Å². The van der Waals surface area contributed by atoms with E-state index in [-0.39, 0.29) is 29.5 Å². The molecule has 1 aliphatic carbocycles. The highest BCUT2D eigenvalue weighted by molar-refractivity contribution is 5.80. The first-order valence-electron chi connectivity index (χ1n) is 11.1. The third-order valence-electron chi connectivity index (χ3n) is 6.62. The number of alkyl halides is 2. The molecule has 0 spiro atoms. The van der Waals surface area contributed by atoms with Crippen molar-refractivity contribution < 1.29 is 13.6 Å². The summed E-state index contributed by atoms with van der Waals surface area (Å²) >= 11 is 0. The molecule has 2 atom stereocenters. The van der Waals surface area contributed by atoms with Crippen molar-refractivity contribution in [1.82, 2.24) is 10.2 Å². The van der Waals surface area contributed by atoms with E-state index >= 15 is 0 Å². The summed E-state index contributed by atoms with van der Waals surface area (Å²) < 4.78 is 26.7. The first-order valence-corrected chi connectivity index (χ1v) is 11.1. The van der Waals surface area contributed by atoms with E-state index < -0.39 is 6.43 Å². The van der Waals surface area contributed by atoms with E-state index in [1.54, 1.807) is 18.2 Å². The fourth-order valence-electron chi connectivity index (χ4n) is 5.05. The van der Waals surface area contributed by atoms with Gasteiger partial charge in [-0.05, 0) is 30.4 Å². The molecule has 1 N–H and O–H groups in total. The van der Waals surface area contributed by atoms with Crippen LogP contribution >= 0.6 is 0 Å². The second kappa shape index (κ2) is 9.69. The molecule has 1 saturated heterocycles. The van der Waals surface area contributed by atoms with E-state index in [0.29, 0.717) is 18.7 Å². The van der Waals surface area contributed by atoms with Gasteiger partial charge in [-0.25, -0.2) is 8.78 Å². The van der Waals surface area contributed by atoms with Crippen molar-refractivity contribution in [3.8, 4) is 0 Å². The van der Waals surface area contributed by atoms with Crippen LogP contribution in [0.25, 0.3) is 0 Å². The SMILES string of the molecule is O=C(C1CCCCC1)N1CCC(NCc2ccccc2C(F)F)C1c1ccccc1. The quantitative estimate of drug-likeness (QED) is 0.666. The summed E-state index contributed by atoms with van der Waals surface area (Å²) in [6.07, 6.45) is 3.79. The molecule has 0 aromatic heterocycles. The average Bonchev–Trinajstić information content (AvgIpc) is 3.22. The van der Waals surface area contributed by atoms with Crippen molar-refractivity contribution in [3.05, 3.63) is 71.3 Å². The lowest BCUT2D eigenvalue weighted by Gasteiger charge is -2.33. The van der Waals surface area contributed by atoms with Crippen LogP contribution in [0.4, 0.5) is 8.78 Å². The Morgan fingerprint density at radius 2 is 1.67 bits per heavy atom. The Labute approximate surface area is 177 Å². The molecular weight excluding hydrogens is 382 g/mol. The molecule has 1 saturated carbocycles. The molecule has 1 amide bonds. The van der Waals surface area contributed by atoms with Gasteiger partial charge >= 0.3 is 0 Å². The number of hydrogen-bond acceptors (Lipinski definition) is 2. The molecule has 1 heterocycles. The first kappa shape index (κ1) is 21.0. The average molecular weight is 413 g/mol. The van der Waals surface area contributed by atoms with Crippen LogP contribution in [-0.2, 0) is 11.3 Å². The Hall–Kier alpha value is -2.27. The van der Waals surface area contributed by atoms with E-state index in [1.807, 2.05) is 23.1 Å². The van der Waals surface area contributed by atoms with Crippen LogP contribution in [0.15, 0.2) is 54.6 Å². The zero-order valence-electron chi connectivity index (χ0n) is 17.3. The number of benzene rings is 2. The lowest BCUT2D eigenvalue weighted by atomic mass is 9.87. The third kappa shape index (κ3) is 4.56. The van der Waals surface area contributed by atoms with Gasteiger partial charge in [0.1, 0.15) is 0 Å². The predicted octanol–water partition coefficient (Wildman–Crippen LogP) is 5.64. The van der Waals surface area contributed by atoms with E-state index in [9.17, 15) is 13.6 Å². The lowest BCUT2D eigenvalue weighted by molar-refractivity contribution is -0.137. The fourth-order valence-corrected chi connectivity index (χ4v) is 5.05. The molecule has 5 heteroatoms. The molecule has 0 radical (unpaired) electrons. The summed E-state index contributed by atoms with van der Waals surface area (Å²) in [5.74, 6) is 0.393. The van der Waals surface area contributed by atoms with Gasteiger partial charge in [0.2, 0.25) is 5.91 Å². The molecule has 2 fully saturated rings. The molecule has 30 heavy (non-hydrogen) atoms. The largest absolute Gasteiger partial charge is 0.334 e. The van der Waals surface area contributed by atoms with Crippen molar-refractivity contribution in [3.63, 3.8) is 0 Å². The molecule has 2 aromatic rings. The van der Waals surface area contributed by atoms with Crippen molar-refractivity contribution >= 4 is 5.91 Å². The van der Waals surface area contributed by atoms with E-state index in [1.165, 1.54) is 12.5 Å². The number of carbonyl (C=O) groups is 1. The smallest absolute Gasteiger partial charge is 0.264 e. The zero-order chi connectivity index (χ0) is 20.9. The third-order valence-corrected chi connectivity index (χ3v) is 6.62. The number of rotatable bonds is 6. The zero-order valence-corrected chi connectivity index (χ0v) is 17.3. The number of nitrogens with zero attached hydrogens (tertiary/aromatic N) is 1. The van der Waals surface area contributed by atoms with Crippen molar-refractivity contribution in [2.24, 2.45) is 5.92 Å². The summed E-state index contributed by atoms with van der Waals surface area (Å²) in [4.78, 5) is 15.4. The molecule has 4 rings (SSSR count). The van der Waals surface area contributed by atoms with Crippen LogP contribution in [0.2, 0.25) is 0 Å². The molecule has 2 unspecified atom stereocenters. The highest BCUT2D eigenvalue weighted by Gasteiger charge is 2.40. The van der Waals surface area contributed by atoms with Crippen LogP contribution in [0.3, 0.4) is 0 Å². The Kier molecular flexibility index (Phi) is 6.78. The first-order chi connectivity index (χ1) is 14.6. The highest BCUT2D eigenvalue weighted by Crippen LogP contribution is 2.36. The van der Waals surface area contributed by atoms with Gasteiger partial charge in [0.15, 0.2) is 0 Å². The van der Waals surface area contributed by atoms with Crippen molar-refractivity contribution in [2.75, 3.05) is 6.54 Å². The Balaban J connectivity index is 1.53. The standard InChI is InChI=1S/C25H30F2N2O/c26-24(27)21-14-8-7-13-20(21)17-28-22-15-16-29(23(22)18-9-3-1-4-10-18)25(30)19-11-5-2-6-12-19/h1,3-4,7-10,13-14,19,22-24,28H,2,5-6,11-12,15-17H2. The van der Waals surface area contributed by atoms with Gasteiger partial charge in [-0.2, -0.15) is 0 Å². The number of amides is 1. The summed E-state index contributed by atoms with van der Waals surface area (Å²) in [7, 11) is 0. The molecule has 2 aliphatic rings. The van der Waals surface area contributed by atoms with Crippen molar-refractivity contribution in [2.45, 2.75) is 63.6 Å². The van der Waals surface area contributed by atoms with E-state index in [4.69, 9.17) is 0 Å². The van der Waals surface area contributed by atoms with Crippen LogP contribution in [-0.4, -0.2) is 23.4 Å². The minimum Gasteiger partial charge on any atom is -0.334 e. The molecule has 160 valence electrons. The second-order valence-corrected chi connectivity index (χ2v) is 8.50. The number of carbonyl (C=O) groups excluding carboxylic acids is 1. The van der Waals surface area contributed by atoms with Crippen LogP contribution in [0.5, 0.6) is 0 Å². The maximum Gasteiger partial charge on any atom is 0.264 e. The lowest BCUT2D eigenvalue weighted by Crippen LogP contribution is -2.41. The summed E-state index contributed by atoms with van der Waals surface area (Å²) in [6.45, 7) is 1.09. The number of hydrogen-bond donors (Lipinski definition) is 1. The van der Waals surface area contributed by atoms with Crippen molar-refractivity contribution in [1.29, 1.82) is 0 Å². The molecule has 0 bridgehead atoms. The summed E-state index contributed by atoms with van der Waals surface area (Å²) in [5, 5.41) is 3.50. The Morgan fingerprint density at radius 1 is 0.967 bits per heavy atom. The maximum atomic E-state index is 13.4. The van der Waals surface area contributed by atoms with Crippen LogP contribution in [0.1, 0.15) is 67.7 Å². The Morgan fingerprint density at radius 3 is 2.40 bits per heavy atom. The van der Waals surface area contributed by atoms with Crippen LogP contribution in [0, 0.1) is 5.92 Å². The molecular formula is C25H30F2N2O. The number of likely N-dealkylation sites (tertiary alicyclic amines) is 1. The minimum atomic E-state index is -2.49. The van der Waals surface area contributed by atoms with E-state index in [2.05, 4.69) is 17.4 Å². The van der Waals surface area contributed by atoms with Gasteiger partial charge < -0.3 is 10.2 Å². The molecule has 1 aliphatic heterocycles. The van der Waals surface area contributed by atoms with Gasteiger partial charge in [-0.1, -0.05) is 73.9 Å². The van der Waals surface area contributed by atoms with Gasteiger partial charge in [0.05, 0.1) is 6.04 Å². The molecule has 3 nitrogen and oxygen atoms in total. The van der Waals surface area contributed by atoms with Gasteiger partial charge in [0, 0.05) is 30.6 Å². The van der Waals surface area contributed by atoms with Gasteiger partial charge in [-0.15, -0.1) is 0 Å². The number of halogens is 2. The minimum absolute atomic E-state index is 0.0469. The summed E-state index contributed by atoms with van der Waals surface area (Å²) in [6, 6.07) is 16.8. The summed E-state index contributed by atoms with van der Waals surface area (Å²) in [5.41, 5.74) is 1.81.